The van der Waals surface area contributed by atoms with Gasteiger partial charge in [-0.15, -0.1) is 0 Å². The van der Waals surface area contributed by atoms with Gasteiger partial charge in [0.05, 0.1) is 13.1 Å². The van der Waals surface area contributed by atoms with Gasteiger partial charge in [0.1, 0.15) is 6.54 Å². The highest BCUT2D eigenvalue weighted by molar-refractivity contribution is 5.96. The summed E-state index contributed by atoms with van der Waals surface area (Å²) in [5.41, 5.74) is 2.20. The van der Waals surface area contributed by atoms with E-state index >= 15 is 0 Å². The van der Waals surface area contributed by atoms with E-state index in [1.165, 1.54) is 31.2 Å². The molecule has 1 rings (SSSR count). The molecule has 0 spiro atoms. The molecule has 0 fully saturated rings. The summed E-state index contributed by atoms with van der Waals surface area (Å²) in [4.78, 5) is 14.0. The number of quaternary nitrogens is 1. The quantitative estimate of drug-likeness (QED) is 0.201. The minimum absolute atomic E-state index is 0. The van der Waals surface area contributed by atoms with Gasteiger partial charge in [0.15, 0.2) is 5.78 Å². The number of rotatable bonds is 18. The fourth-order valence-corrected chi connectivity index (χ4v) is 3.65. The van der Waals surface area contributed by atoms with Crippen molar-refractivity contribution < 1.29 is 22.1 Å². The third-order valence-corrected chi connectivity index (χ3v) is 5.78. The predicted molar refractivity (Wildman–Crippen MR) is 136 cm³/mol. The van der Waals surface area contributed by atoms with E-state index in [1.807, 2.05) is 12.1 Å². The second kappa shape index (κ2) is 21.2. The van der Waals surface area contributed by atoms with Crippen LogP contribution in [0, 0.1) is 0 Å². The van der Waals surface area contributed by atoms with Crippen LogP contribution < -0.4 is 17.3 Å². The van der Waals surface area contributed by atoms with E-state index in [0.717, 1.165) is 57.3 Å². The van der Waals surface area contributed by atoms with Crippen LogP contribution in [0.4, 0.5) is 0 Å². The van der Waals surface area contributed by atoms with Gasteiger partial charge >= 0.3 is 0 Å². The molecule has 180 valence electrons. The fourth-order valence-electron chi connectivity index (χ4n) is 3.65. The molecule has 0 radical (unpaired) electrons. The Balaban J connectivity index is 0.00000961. The van der Waals surface area contributed by atoms with Crippen molar-refractivity contribution in [2.24, 2.45) is 0 Å². The van der Waals surface area contributed by atoms with E-state index in [9.17, 15) is 4.79 Å². The Labute approximate surface area is 204 Å². The molecule has 0 amide bonds. The van der Waals surface area contributed by atoms with E-state index in [4.69, 9.17) is 0 Å². The van der Waals surface area contributed by atoms with Crippen LogP contribution in [0.5, 0.6) is 0 Å². The summed E-state index contributed by atoms with van der Waals surface area (Å²) in [6, 6.07) is 8.30. The van der Waals surface area contributed by atoms with Gasteiger partial charge in [0.25, 0.3) is 0 Å². The summed E-state index contributed by atoms with van der Waals surface area (Å²) >= 11 is 0. The number of ketones is 1. The number of nitrogens with one attached hydrogen (secondary N) is 1. The predicted octanol–water partition coefficient (Wildman–Crippen LogP) is 3.89. The Morgan fingerprint density at radius 1 is 0.750 bits per heavy atom. The van der Waals surface area contributed by atoms with Gasteiger partial charge in [0.2, 0.25) is 0 Å². The second-order valence-electron chi connectivity index (χ2n) is 8.35. The Morgan fingerprint density at radius 2 is 1.31 bits per heavy atom. The molecular formula is C29H46ClNO. The molecule has 0 aliphatic heterocycles. The van der Waals surface area contributed by atoms with Crippen LogP contribution in [0.3, 0.4) is 0 Å². The lowest BCUT2D eigenvalue weighted by Crippen LogP contribution is -3.10. The monoisotopic (exact) mass is 459 g/mol. The Bertz CT molecular complexity index is 656. The third-order valence-electron chi connectivity index (χ3n) is 5.78. The molecule has 0 aliphatic carbocycles. The van der Waals surface area contributed by atoms with Gasteiger partial charge in [-0.3, -0.25) is 4.79 Å². The van der Waals surface area contributed by atoms with Crippen molar-refractivity contribution in [1.82, 2.24) is 0 Å². The molecular weight excluding hydrogens is 414 g/mol. The summed E-state index contributed by atoms with van der Waals surface area (Å²) in [5.74, 6) is 0.294. The highest BCUT2D eigenvalue weighted by Gasteiger charge is 2.08. The minimum atomic E-state index is 0. The van der Waals surface area contributed by atoms with Gasteiger partial charge in [-0.25, -0.2) is 0 Å². The van der Waals surface area contributed by atoms with Gasteiger partial charge in [-0.05, 0) is 52.4 Å². The number of halogens is 1. The Kier molecular flexibility index (Phi) is 20.1. The standard InChI is InChI=1S/C29H45NO.ClH/c1-4-7-8-9-10-11-12-13-14-15-16-17-18-19-20-21-29(31)28-24-22-27(23-25-28)26-30(5-2)6-3;/h7-8,10-11,13-14,22-25H,4-6,9,12,15-21,26H2,1-3H3;1H/b8-7-,11-10-,14-13-;. The molecule has 3 heteroatoms. The average molecular weight is 460 g/mol. The molecule has 1 N–H and O–H groups in total. The van der Waals surface area contributed by atoms with Crippen LogP contribution >= 0.6 is 0 Å². The molecule has 1 aromatic carbocycles. The molecule has 0 aliphatic rings. The number of hydrogen-bond acceptors (Lipinski definition) is 1. The molecule has 0 unspecified atom stereocenters. The van der Waals surface area contributed by atoms with Crippen molar-refractivity contribution in [2.75, 3.05) is 13.1 Å². The first kappa shape index (κ1) is 30.4. The zero-order chi connectivity index (χ0) is 22.6. The van der Waals surface area contributed by atoms with Gasteiger partial charge < -0.3 is 17.3 Å². The van der Waals surface area contributed by atoms with E-state index in [-0.39, 0.29) is 12.4 Å². The van der Waals surface area contributed by atoms with Crippen molar-refractivity contribution >= 4 is 5.78 Å². The zero-order valence-electron chi connectivity index (χ0n) is 20.8. The van der Waals surface area contributed by atoms with Crippen molar-refractivity contribution in [3.8, 4) is 0 Å². The highest BCUT2D eigenvalue weighted by atomic mass is 35.5. The maximum absolute atomic E-state index is 12.4. The Hall–Kier alpha value is -1.64. The van der Waals surface area contributed by atoms with Crippen molar-refractivity contribution in [1.29, 1.82) is 0 Å². The van der Waals surface area contributed by atoms with Crippen molar-refractivity contribution in [3.05, 3.63) is 71.8 Å². The van der Waals surface area contributed by atoms with Crippen LogP contribution in [0.1, 0.15) is 101 Å². The van der Waals surface area contributed by atoms with Crippen molar-refractivity contribution in [3.63, 3.8) is 0 Å². The van der Waals surface area contributed by atoms with E-state index in [1.54, 1.807) is 4.90 Å². The van der Waals surface area contributed by atoms with Crippen molar-refractivity contribution in [2.45, 2.75) is 91.5 Å². The molecule has 0 atom stereocenters. The largest absolute Gasteiger partial charge is 1.00 e. The molecule has 0 saturated carbocycles. The molecule has 2 nitrogen and oxygen atoms in total. The lowest BCUT2D eigenvalue weighted by Gasteiger charge is -2.15. The zero-order valence-corrected chi connectivity index (χ0v) is 21.5. The number of unbranched alkanes of at least 4 members (excludes halogenated alkanes) is 5. The smallest absolute Gasteiger partial charge is 0.162 e. The second-order valence-corrected chi connectivity index (χ2v) is 8.35. The number of carbonyl (C=O) groups excluding carboxylic acids is 1. The number of benzene rings is 1. The average Bonchev–Trinajstić information content (AvgIpc) is 2.80. The van der Waals surface area contributed by atoms with E-state index in [0.29, 0.717) is 12.2 Å². The number of hydrogen-bond donors (Lipinski definition) is 1. The first-order chi connectivity index (χ1) is 15.2. The summed E-state index contributed by atoms with van der Waals surface area (Å²) < 4.78 is 0. The lowest BCUT2D eigenvalue weighted by atomic mass is 10.0. The number of carbonyl (C=O) groups is 1. The Morgan fingerprint density at radius 3 is 1.94 bits per heavy atom. The molecule has 0 bridgehead atoms. The van der Waals surface area contributed by atoms with Crippen LogP contribution in [-0.2, 0) is 6.54 Å². The SMILES string of the molecule is CC/C=C\C/C=C\C/C=C\CCCCCCCC(=O)c1ccc(C[NH+](CC)CC)cc1.[Cl-]. The summed E-state index contributed by atoms with van der Waals surface area (Å²) in [6.45, 7) is 9.94. The summed E-state index contributed by atoms with van der Waals surface area (Å²) in [6.07, 6.45) is 24.5. The van der Waals surface area contributed by atoms with Crippen LogP contribution in [-0.4, -0.2) is 18.9 Å². The van der Waals surface area contributed by atoms with Gasteiger partial charge in [-0.2, -0.15) is 0 Å². The first-order valence-electron chi connectivity index (χ1n) is 12.6. The lowest BCUT2D eigenvalue weighted by molar-refractivity contribution is -0.910. The fraction of sp³-hybridized carbons (Fsp3) is 0.552. The van der Waals surface area contributed by atoms with E-state index < -0.39 is 0 Å². The normalized spacial score (nSPS) is 11.8. The number of Topliss-reactive ketones (excluding diaryl/α,β-unsaturated/α-hetero) is 1. The maximum atomic E-state index is 12.4. The summed E-state index contributed by atoms with van der Waals surface area (Å²) in [7, 11) is 0. The highest BCUT2D eigenvalue weighted by Crippen LogP contribution is 2.12. The molecule has 0 heterocycles. The van der Waals surface area contributed by atoms with E-state index in [2.05, 4.69) is 69.4 Å². The molecule has 0 saturated heterocycles. The topological polar surface area (TPSA) is 21.5 Å². The molecule has 1 aromatic rings. The molecule has 0 aromatic heterocycles. The first-order valence-corrected chi connectivity index (χ1v) is 12.6. The van der Waals surface area contributed by atoms with Gasteiger partial charge in [0, 0.05) is 17.5 Å². The number of allylic oxidation sites excluding steroid dienone is 6. The minimum Gasteiger partial charge on any atom is -1.00 e. The third kappa shape index (κ3) is 15.2. The van der Waals surface area contributed by atoms with Crippen LogP contribution in [0.15, 0.2) is 60.7 Å². The maximum Gasteiger partial charge on any atom is 0.162 e. The van der Waals surface area contributed by atoms with Crippen LogP contribution in [0.2, 0.25) is 0 Å². The summed E-state index contributed by atoms with van der Waals surface area (Å²) in [5, 5.41) is 0. The molecule has 32 heavy (non-hydrogen) atoms. The van der Waals surface area contributed by atoms with Crippen LogP contribution in [0.25, 0.3) is 0 Å². The van der Waals surface area contributed by atoms with Gasteiger partial charge in [-0.1, -0.05) is 86.9 Å².